The maximum atomic E-state index is 13.2. The number of anilines is 3. The highest BCUT2D eigenvalue weighted by atomic mass is 35.5. The lowest BCUT2D eigenvalue weighted by Crippen LogP contribution is -2.28. The summed E-state index contributed by atoms with van der Waals surface area (Å²) in [6.07, 6.45) is 0. The lowest BCUT2D eigenvalue weighted by atomic mass is 10.3. The van der Waals surface area contributed by atoms with Gasteiger partial charge in [0.05, 0.1) is 0 Å². The number of halogens is 2. The van der Waals surface area contributed by atoms with Gasteiger partial charge >= 0.3 is 0 Å². The molecule has 22 heavy (non-hydrogen) atoms. The van der Waals surface area contributed by atoms with Gasteiger partial charge in [-0.05, 0) is 29.8 Å². The van der Waals surface area contributed by atoms with Crippen molar-refractivity contribution < 1.29 is 4.39 Å². The second-order valence-electron chi connectivity index (χ2n) is 4.92. The molecule has 3 N–H and O–H groups in total. The second kappa shape index (κ2) is 7.86. The Morgan fingerprint density at radius 1 is 1.14 bits per heavy atom. The van der Waals surface area contributed by atoms with Crippen LogP contribution in [-0.4, -0.2) is 34.1 Å². The Hall–Kier alpha value is -1.99. The SMILES string of the molecule is CC(C)NCCNc1nc(Cl)nc(Nc2cccc(F)c2)n1. The minimum absolute atomic E-state index is 0.0632. The Kier molecular flexibility index (Phi) is 5.85. The van der Waals surface area contributed by atoms with Gasteiger partial charge in [-0.2, -0.15) is 15.0 Å². The molecule has 0 saturated heterocycles. The summed E-state index contributed by atoms with van der Waals surface area (Å²) in [6.45, 7) is 5.56. The molecule has 8 heteroatoms. The summed E-state index contributed by atoms with van der Waals surface area (Å²) in [6, 6.07) is 6.42. The van der Waals surface area contributed by atoms with Gasteiger partial charge in [-0.1, -0.05) is 19.9 Å². The van der Waals surface area contributed by atoms with Gasteiger partial charge < -0.3 is 16.0 Å². The Morgan fingerprint density at radius 2 is 1.91 bits per heavy atom. The van der Waals surface area contributed by atoms with Gasteiger partial charge in [-0.3, -0.25) is 0 Å². The number of hydrogen-bond acceptors (Lipinski definition) is 6. The molecule has 0 aliphatic carbocycles. The highest BCUT2D eigenvalue weighted by Gasteiger charge is 2.05. The van der Waals surface area contributed by atoms with E-state index in [0.29, 0.717) is 24.2 Å². The Morgan fingerprint density at radius 3 is 2.64 bits per heavy atom. The van der Waals surface area contributed by atoms with Crippen molar-refractivity contribution in [3.8, 4) is 0 Å². The van der Waals surface area contributed by atoms with Gasteiger partial charge in [0.2, 0.25) is 17.2 Å². The molecule has 0 spiro atoms. The Bertz CT molecular complexity index is 622. The molecule has 6 nitrogen and oxygen atoms in total. The summed E-state index contributed by atoms with van der Waals surface area (Å²) in [5, 5.41) is 9.28. The fourth-order valence-corrected chi connectivity index (χ4v) is 1.88. The summed E-state index contributed by atoms with van der Waals surface area (Å²) in [4.78, 5) is 12.2. The zero-order valence-corrected chi connectivity index (χ0v) is 13.2. The highest BCUT2D eigenvalue weighted by molar-refractivity contribution is 6.28. The summed E-state index contributed by atoms with van der Waals surface area (Å²) in [5.41, 5.74) is 0.537. The van der Waals surface area contributed by atoms with Gasteiger partial charge in [-0.15, -0.1) is 0 Å². The molecular formula is C14H18ClFN6. The van der Waals surface area contributed by atoms with E-state index in [0.717, 1.165) is 6.54 Å². The lowest BCUT2D eigenvalue weighted by Gasteiger charge is -2.10. The first-order valence-electron chi connectivity index (χ1n) is 6.94. The molecule has 1 aromatic heterocycles. The van der Waals surface area contributed by atoms with Gasteiger partial charge in [0.15, 0.2) is 0 Å². The maximum absolute atomic E-state index is 13.2. The maximum Gasteiger partial charge on any atom is 0.233 e. The van der Waals surface area contributed by atoms with Crippen LogP contribution in [0, 0.1) is 5.82 Å². The first-order chi connectivity index (χ1) is 10.5. The monoisotopic (exact) mass is 324 g/mol. The zero-order chi connectivity index (χ0) is 15.9. The van der Waals surface area contributed by atoms with Crippen molar-refractivity contribution in [3.63, 3.8) is 0 Å². The molecule has 0 aliphatic heterocycles. The van der Waals surface area contributed by atoms with Crippen molar-refractivity contribution >= 4 is 29.2 Å². The Balaban J connectivity index is 2.00. The molecule has 0 bridgehead atoms. The van der Waals surface area contributed by atoms with Crippen LogP contribution in [0.2, 0.25) is 5.28 Å². The molecule has 118 valence electrons. The minimum Gasteiger partial charge on any atom is -0.353 e. The number of nitrogens with zero attached hydrogens (tertiary/aromatic N) is 3. The third kappa shape index (κ3) is 5.42. The zero-order valence-electron chi connectivity index (χ0n) is 12.4. The van der Waals surface area contributed by atoms with Gasteiger partial charge in [0, 0.05) is 24.8 Å². The first kappa shape index (κ1) is 16.4. The van der Waals surface area contributed by atoms with E-state index in [9.17, 15) is 4.39 Å². The molecule has 0 fully saturated rings. The minimum atomic E-state index is -0.344. The Labute approximate surface area is 133 Å². The van der Waals surface area contributed by atoms with E-state index in [2.05, 4.69) is 44.7 Å². The molecule has 0 aliphatic rings. The quantitative estimate of drug-likeness (QED) is 0.680. The molecule has 0 amide bonds. The number of nitrogens with one attached hydrogen (secondary N) is 3. The van der Waals surface area contributed by atoms with E-state index in [4.69, 9.17) is 11.6 Å². The molecular weight excluding hydrogens is 307 g/mol. The fourth-order valence-electron chi connectivity index (χ4n) is 1.72. The number of rotatable bonds is 7. The summed E-state index contributed by atoms with van der Waals surface area (Å²) in [7, 11) is 0. The van der Waals surface area contributed by atoms with Crippen LogP contribution in [0.4, 0.5) is 22.0 Å². The van der Waals surface area contributed by atoms with E-state index in [-0.39, 0.29) is 17.0 Å². The summed E-state index contributed by atoms with van der Waals surface area (Å²) < 4.78 is 13.2. The van der Waals surface area contributed by atoms with Crippen LogP contribution >= 0.6 is 11.6 Å². The van der Waals surface area contributed by atoms with Crippen LogP contribution in [-0.2, 0) is 0 Å². The molecule has 0 atom stereocenters. The standard InChI is InChI=1S/C14H18ClFN6/c1-9(2)17-6-7-18-13-20-12(15)21-14(22-13)19-11-5-3-4-10(16)8-11/h3-5,8-9,17H,6-7H2,1-2H3,(H2,18,19,20,21,22). The smallest absolute Gasteiger partial charge is 0.233 e. The average molecular weight is 325 g/mol. The van der Waals surface area contributed by atoms with Crippen molar-refractivity contribution in [2.45, 2.75) is 19.9 Å². The van der Waals surface area contributed by atoms with Crippen LogP contribution in [0.1, 0.15) is 13.8 Å². The van der Waals surface area contributed by atoms with E-state index in [1.165, 1.54) is 12.1 Å². The van der Waals surface area contributed by atoms with Crippen LogP contribution in [0.3, 0.4) is 0 Å². The molecule has 2 aromatic rings. The molecule has 2 rings (SSSR count). The average Bonchev–Trinajstić information content (AvgIpc) is 2.43. The van der Waals surface area contributed by atoms with Crippen LogP contribution in [0.15, 0.2) is 24.3 Å². The van der Waals surface area contributed by atoms with E-state index < -0.39 is 0 Å². The van der Waals surface area contributed by atoms with Crippen molar-refractivity contribution in [1.29, 1.82) is 0 Å². The van der Waals surface area contributed by atoms with Crippen molar-refractivity contribution in [1.82, 2.24) is 20.3 Å². The van der Waals surface area contributed by atoms with Crippen LogP contribution in [0.25, 0.3) is 0 Å². The second-order valence-corrected chi connectivity index (χ2v) is 5.26. The third-order valence-corrected chi connectivity index (χ3v) is 2.82. The summed E-state index contributed by atoms with van der Waals surface area (Å²) >= 11 is 5.88. The van der Waals surface area contributed by atoms with Crippen molar-refractivity contribution in [2.24, 2.45) is 0 Å². The number of aromatic nitrogens is 3. The fraction of sp³-hybridized carbons (Fsp3) is 0.357. The molecule has 0 radical (unpaired) electrons. The third-order valence-electron chi connectivity index (χ3n) is 2.65. The lowest BCUT2D eigenvalue weighted by molar-refractivity contribution is 0.601. The van der Waals surface area contributed by atoms with Gasteiger partial charge in [-0.25, -0.2) is 4.39 Å². The largest absolute Gasteiger partial charge is 0.353 e. The first-order valence-corrected chi connectivity index (χ1v) is 7.32. The predicted molar refractivity (Wildman–Crippen MR) is 86.1 cm³/mol. The molecule has 1 heterocycles. The van der Waals surface area contributed by atoms with Crippen molar-refractivity contribution in [3.05, 3.63) is 35.4 Å². The normalized spacial score (nSPS) is 10.8. The molecule has 0 unspecified atom stereocenters. The van der Waals surface area contributed by atoms with Gasteiger partial charge in [0.1, 0.15) is 5.82 Å². The van der Waals surface area contributed by atoms with Gasteiger partial charge in [0.25, 0.3) is 0 Å². The van der Waals surface area contributed by atoms with Crippen LogP contribution in [0.5, 0.6) is 0 Å². The summed E-state index contributed by atoms with van der Waals surface area (Å²) in [5.74, 6) is 0.276. The predicted octanol–water partition coefficient (Wildman–Crippen LogP) is 2.82. The van der Waals surface area contributed by atoms with Crippen LogP contribution < -0.4 is 16.0 Å². The topological polar surface area (TPSA) is 74.8 Å². The van der Waals surface area contributed by atoms with Crippen molar-refractivity contribution in [2.75, 3.05) is 23.7 Å². The number of hydrogen-bond donors (Lipinski definition) is 3. The number of benzene rings is 1. The molecule has 0 saturated carbocycles. The van der Waals surface area contributed by atoms with E-state index >= 15 is 0 Å². The highest BCUT2D eigenvalue weighted by Crippen LogP contribution is 2.16. The molecule has 1 aromatic carbocycles. The van der Waals surface area contributed by atoms with E-state index in [1.807, 2.05) is 0 Å². The van der Waals surface area contributed by atoms with E-state index in [1.54, 1.807) is 12.1 Å².